The van der Waals surface area contributed by atoms with Crippen LogP contribution in [0.25, 0.3) is 0 Å². The summed E-state index contributed by atoms with van der Waals surface area (Å²) in [6.07, 6.45) is 4.26. The molecule has 0 radical (unpaired) electrons. The third-order valence-corrected chi connectivity index (χ3v) is 6.02. The molecule has 0 amide bonds. The lowest BCUT2D eigenvalue weighted by Gasteiger charge is -2.27. The van der Waals surface area contributed by atoms with E-state index in [9.17, 15) is 8.42 Å². The van der Waals surface area contributed by atoms with Crippen LogP contribution in [0.3, 0.4) is 0 Å². The van der Waals surface area contributed by atoms with Crippen LogP contribution in [0.15, 0.2) is 0 Å². The fourth-order valence-corrected chi connectivity index (χ4v) is 4.91. The molecular weight excluding hydrogens is 316 g/mol. The maximum absolute atomic E-state index is 12.4. The first-order chi connectivity index (χ1) is 10.9. The molecule has 1 saturated heterocycles. The highest BCUT2D eigenvalue weighted by Gasteiger charge is 2.29. The average molecular weight is 342 g/mol. The minimum absolute atomic E-state index is 0.0651. The van der Waals surface area contributed by atoms with Crippen LogP contribution in [-0.4, -0.2) is 47.7 Å². The third kappa shape index (κ3) is 4.10. The smallest absolute Gasteiger partial charge is 0.214 e. The van der Waals surface area contributed by atoms with Gasteiger partial charge in [-0.3, -0.25) is 0 Å². The molecule has 0 aliphatic carbocycles. The van der Waals surface area contributed by atoms with Crippen molar-refractivity contribution >= 4 is 10.0 Å². The quantitative estimate of drug-likeness (QED) is 0.869. The number of aryl methyl sites for hydroxylation is 1. The molecule has 1 aromatic rings. The van der Waals surface area contributed by atoms with Gasteiger partial charge in [-0.15, -0.1) is 10.2 Å². The molecule has 1 fully saturated rings. The van der Waals surface area contributed by atoms with Crippen LogP contribution in [-0.2, 0) is 27.7 Å². The van der Waals surface area contributed by atoms with Crippen LogP contribution in [0, 0.1) is 0 Å². The van der Waals surface area contributed by atoms with Gasteiger partial charge in [-0.2, -0.15) is 0 Å². The van der Waals surface area contributed by atoms with Crippen LogP contribution >= 0.6 is 0 Å². The lowest BCUT2D eigenvalue weighted by atomic mass is 10.1. The molecule has 0 unspecified atom stereocenters. The molecule has 23 heavy (non-hydrogen) atoms. The average Bonchev–Trinajstić information content (AvgIpc) is 2.90. The molecule has 3 heterocycles. The predicted molar refractivity (Wildman–Crippen MR) is 86.7 cm³/mol. The highest BCUT2D eigenvalue weighted by molar-refractivity contribution is 7.89. The Morgan fingerprint density at radius 1 is 1.30 bits per heavy atom. The second-order valence-electron chi connectivity index (χ2n) is 6.86. The van der Waals surface area contributed by atoms with Gasteiger partial charge in [0, 0.05) is 31.5 Å². The Morgan fingerprint density at radius 2 is 2.13 bits per heavy atom. The van der Waals surface area contributed by atoms with Crippen LogP contribution in [0.5, 0.6) is 0 Å². The van der Waals surface area contributed by atoms with E-state index >= 15 is 0 Å². The van der Waals surface area contributed by atoms with E-state index in [-0.39, 0.29) is 23.8 Å². The second-order valence-corrected chi connectivity index (χ2v) is 8.66. The number of hydrogen-bond donors (Lipinski definition) is 1. The number of rotatable bonds is 5. The molecule has 130 valence electrons. The van der Waals surface area contributed by atoms with Crippen LogP contribution in [0.1, 0.15) is 57.1 Å². The van der Waals surface area contributed by atoms with Crippen molar-refractivity contribution in [1.29, 1.82) is 0 Å². The number of fused-ring (bicyclic) bond motifs is 1. The van der Waals surface area contributed by atoms with E-state index in [2.05, 4.69) is 33.3 Å². The van der Waals surface area contributed by atoms with E-state index in [0.717, 1.165) is 43.8 Å². The number of nitrogens with one attached hydrogen (secondary N) is 1. The van der Waals surface area contributed by atoms with Crippen LogP contribution in [0.2, 0.25) is 0 Å². The first-order valence-electron chi connectivity index (χ1n) is 8.48. The predicted octanol–water partition coefficient (Wildman–Crippen LogP) is 1.20. The van der Waals surface area contributed by atoms with Gasteiger partial charge in [-0.25, -0.2) is 13.1 Å². The molecule has 1 N–H and O–H groups in total. The first kappa shape index (κ1) is 16.9. The van der Waals surface area contributed by atoms with Gasteiger partial charge in [-0.1, -0.05) is 13.8 Å². The van der Waals surface area contributed by atoms with Gasteiger partial charge in [0.2, 0.25) is 10.0 Å². The van der Waals surface area contributed by atoms with E-state index in [1.54, 1.807) is 0 Å². The molecule has 8 heteroatoms. The Kier molecular flexibility index (Phi) is 5.03. The molecular formula is C15H26N4O3S. The standard InChI is InChI=1S/C15H26N4O3S/c1-11(2)15-17-16-14-7-6-12(9-19(14)15)18-23(20,21)10-13-5-3-4-8-22-13/h11-13,18H,3-10H2,1-2H3/t12-,13-/m0/s1. The van der Waals surface area contributed by atoms with Crippen molar-refractivity contribution in [3.8, 4) is 0 Å². The Bertz CT molecular complexity index is 635. The molecule has 1 aromatic heterocycles. The summed E-state index contributed by atoms with van der Waals surface area (Å²) in [6.45, 7) is 5.43. The maximum atomic E-state index is 12.4. The highest BCUT2D eigenvalue weighted by Crippen LogP contribution is 2.21. The third-order valence-electron chi connectivity index (χ3n) is 4.52. The van der Waals surface area contributed by atoms with Gasteiger partial charge in [-0.05, 0) is 25.7 Å². The molecule has 3 rings (SSSR count). The zero-order valence-corrected chi connectivity index (χ0v) is 14.7. The number of aromatic nitrogens is 3. The Balaban J connectivity index is 1.63. The van der Waals surface area contributed by atoms with Gasteiger partial charge in [0.25, 0.3) is 0 Å². The molecule has 2 atom stereocenters. The van der Waals surface area contributed by atoms with Gasteiger partial charge >= 0.3 is 0 Å². The summed E-state index contributed by atoms with van der Waals surface area (Å²) in [4.78, 5) is 0. The minimum atomic E-state index is -3.33. The molecule has 2 aliphatic heterocycles. The van der Waals surface area contributed by atoms with E-state index in [1.807, 2.05) is 0 Å². The number of hydrogen-bond acceptors (Lipinski definition) is 5. The van der Waals surface area contributed by atoms with Crippen molar-refractivity contribution in [2.75, 3.05) is 12.4 Å². The molecule has 2 aliphatic rings. The summed E-state index contributed by atoms with van der Waals surface area (Å²) < 4.78 is 35.3. The van der Waals surface area contributed by atoms with Crippen molar-refractivity contribution in [2.45, 2.75) is 70.6 Å². The summed E-state index contributed by atoms with van der Waals surface area (Å²) in [5.41, 5.74) is 0. The van der Waals surface area contributed by atoms with Crippen molar-refractivity contribution in [1.82, 2.24) is 19.5 Å². The Morgan fingerprint density at radius 3 is 2.83 bits per heavy atom. The van der Waals surface area contributed by atoms with Gasteiger partial charge in [0.05, 0.1) is 11.9 Å². The lowest BCUT2D eigenvalue weighted by molar-refractivity contribution is 0.0303. The summed E-state index contributed by atoms with van der Waals surface area (Å²) >= 11 is 0. The van der Waals surface area contributed by atoms with Crippen molar-refractivity contribution in [3.63, 3.8) is 0 Å². The zero-order valence-electron chi connectivity index (χ0n) is 13.9. The number of ether oxygens (including phenoxy) is 1. The second kappa shape index (κ2) is 6.86. The van der Waals surface area contributed by atoms with Crippen LogP contribution < -0.4 is 4.72 Å². The summed E-state index contributed by atoms with van der Waals surface area (Å²) in [5.74, 6) is 2.23. The fraction of sp³-hybridized carbons (Fsp3) is 0.867. The summed E-state index contributed by atoms with van der Waals surface area (Å²) in [7, 11) is -3.33. The SMILES string of the molecule is CC(C)c1nnc2n1C[C@@H](NS(=O)(=O)C[C@@H]1CCCCO1)CC2. The Hall–Kier alpha value is -0.990. The maximum Gasteiger partial charge on any atom is 0.214 e. The highest BCUT2D eigenvalue weighted by atomic mass is 32.2. The van der Waals surface area contributed by atoms with Crippen molar-refractivity contribution < 1.29 is 13.2 Å². The fourth-order valence-electron chi connectivity index (χ4n) is 3.36. The van der Waals surface area contributed by atoms with Crippen molar-refractivity contribution in [3.05, 3.63) is 11.6 Å². The topological polar surface area (TPSA) is 86.1 Å². The summed E-state index contributed by atoms with van der Waals surface area (Å²) in [5, 5.41) is 8.46. The molecule has 0 bridgehead atoms. The largest absolute Gasteiger partial charge is 0.377 e. The molecule has 0 aromatic carbocycles. The summed E-state index contributed by atoms with van der Waals surface area (Å²) in [6, 6.07) is -0.0930. The molecule has 0 saturated carbocycles. The van der Waals surface area contributed by atoms with Gasteiger partial charge < -0.3 is 9.30 Å². The van der Waals surface area contributed by atoms with Crippen LogP contribution in [0.4, 0.5) is 0 Å². The van der Waals surface area contributed by atoms with Gasteiger partial charge in [0.15, 0.2) is 0 Å². The monoisotopic (exact) mass is 342 g/mol. The first-order valence-corrected chi connectivity index (χ1v) is 10.1. The van der Waals surface area contributed by atoms with E-state index in [1.165, 1.54) is 0 Å². The van der Waals surface area contributed by atoms with Crippen molar-refractivity contribution in [2.24, 2.45) is 0 Å². The number of nitrogens with zero attached hydrogens (tertiary/aromatic N) is 3. The minimum Gasteiger partial charge on any atom is -0.377 e. The zero-order chi connectivity index (χ0) is 16.4. The molecule has 7 nitrogen and oxygen atoms in total. The van der Waals surface area contributed by atoms with E-state index < -0.39 is 10.0 Å². The normalized spacial score (nSPS) is 25.5. The Labute approximate surface area is 137 Å². The molecule has 0 spiro atoms. The van der Waals surface area contributed by atoms with E-state index in [0.29, 0.717) is 13.2 Å². The van der Waals surface area contributed by atoms with E-state index in [4.69, 9.17) is 4.74 Å². The van der Waals surface area contributed by atoms with Gasteiger partial charge in [0.1, 0.15) is 11.6 Å². The number of sulfonamides is 1. The lowest BCUT2D eigenvalue weighted by Crippen LogP contribution is -2.44.